The smallest absolute Gasteiger partial charge is 0.160 e. The lowest BCUT2D eigenvalue weighted by Gasteiger charge is -2.12. The van der Waals surface area contributed by atoms with Crippen LogP contribution < -0.4 is 0 Å². The van der Waals surface area contributed by atoms with Gasteiger partial charge >= 0.3 is 0 Å². The second kappa shape index (κ2) is 14.3. The van der Waals surface area contributed by atoms with Crippen LogP contribution in [0.15, 0.2) is 224 Å². The highest BCUT2D eigenvalue weighted by atomic mass is 15.0. The Bertz CT molecular complexity index is 3530. The van der Waals surface area contributed by atoms with Crippen molar-refractivity contribution in [2.24, 2.45) is 0 Å². The van der Waals surface area contributed by atoms with Gasteiger partial charge in [0.1, 0.15) is 0 Å². The summed E-state index contributed by atoms with van der Waals surface area (Å²) in [6.45, 7) is 0. The molecular weight excluding hydrogens is 739 g/mol. The lowest BCUT2D eigenvalue weighted by atomic mass is 9.91. The number of aromatic nitrogens is 3. The van der Waals surface area contributed by atoms with E-state index in [1.807, 2.05) is 24.3 Å². The minimum Gasteiger partial charge on any atom is -0.309 e. The van der Waals surface area contributed by atoms with E-state index < -0.39 is 0 Å². The summed E-state index contributed by atoms with van der Waals surface area (Å²) in [5.41, 5.74) is 13.0. The molecule has 0 bridgehead atoms. The number of nitrogens with zero attached hydrogens (tertiary/aromatic N) is 3. The Labute approximate surface area is 353 Å². The Morgan fingerprint density at radius 2 is 0.787 bits per heavy atom. The van der Waals surface area contributed by atoms with Crippen LogP contribution in [0.1, 0.15) is 0 Å². The molecule has 0 aliphatic carbocycles. The molecule has 3 nitrogen and oxygen atoms in total. The number of fused-ring (bicyclic) bond motifs is 9. The third-order valence-electron chi connectivity index (χ3n) is 12.2. The van der Waals surface area contributed by atoms with E-state index in [4.69, 9.17) is 9.97 Å². The molecule has 0 fully saturated rings. The molecule has 12 rings (SSSR count). The molecular formula is C58H37N3. The molecule has 0 N–H and O–H groups in total. The zero-order valence-electron chi connectivity index (χ0n) is 33.2. The van der Waals surface area contributed by atoms with Crippen LogP contribution in [0.5, 0.6) is 0 Å². The van der Waals surface area contributed by atoms with Gasteiger partial charge in [-0.25, -0.2) is 9.97 Å². The van der Waals surface area contributed by atoms with Crippen LogP contribution in [0.4, 0.5) is 0 Å². The van der Waals surface area contributed by atoms with Crippen LogP contribution in [0.25, 0.3) is 116 Å². The minimum absolute atomic E-state index is 0.706. The van der Waals surface area contributed by atoms with Gasteiger partial charge in [-0.15, -0.1) is 0 Å². The maximum atomic E-state index is 5.18. The van der Waals surface area contributed by atoms with Crippen LogP contribution in [0.2, 0.25) is 0 Å². The van der Waals surface area contributed by atoms with Crippen molar-refractivity contribution in [3.8, 4) is 61.8 Å². The topological polar surface area (TPSA) is 30.7 Å². The molecule has 0 unspecified atom stereocenters. The number of para-hydroxylation sites is 1. The molecule has 0 spiro atoms. The summed E-state index contributed by atoms with van der Waals surface area (Å²) >= 11 is 0. The lowest BCUT2D eigenvalue weighted by Crippen LogP contribution is -1.96. The van der Waals surface area contributed by atoms with Gasteiger partial charge in [0.05, 0.1) is 22.4 Å². The van der Waals surface area contributed by atoms with E-state index in [1.165, 1.54) is 65.3 Å². The molecule has 284 valence electrons. The van der Waals surface area contributed by atoms with Gasteiger partial charge in [0.25, 0.3) is 0 Å². The highest BCUT2D eigenvalue weighted by molar-refractivity contribution is 6.26. The van der Waals surface area contributed by atoms with Gasteiger partial charge < -0.3 is 4.57 Å². The fourth-order valence-electron chi connectivity index (χ4n) is 9.35. The molecule has 12 aromatic rings. The van der Waals surface area contributed by atoms with Gasteiger partial charge in [-0.05, 0) is 103 Å². The first-order chi connectivity index (χ1) is 30.2. The summed E-state index contributed by atoms with van der Waals surface area (Å²) in [7, 11) is 0. The van der Waals surface area contributed by atoms with Crippen LogP contribution in [0, 0.1) is 0 Å². The fourth-order valence-corrected chi connectivity index (χ4v) is 9.35. The van der Waals surface area contributed by atoms with Crippen molar-refractivity contribution in [3.63, 3.8) is 0 Å². The van der Waals surface area contributed by atoms with Crippen molar-refractivity contribution >= 4 is 54.1 Å². The zero-order valence-corrected chi connectivity index (χ0v) is 33.2. The molecule has 0 aliphatic rings. The average molecular weight is 776 g/mol. The van der Waals surface area contributed by atoms with Crippen LogP contribution in [-0.4, -0.2) is 14.5 Å². The predicted molar refractivity (Wildman–Crippen MR) is 256 cm³/mol. The summed E-state index contributed by atoms with van der Waals surface area (Å²) in [6, 6.07) is 80.5. The first-order valence-electron chi connectivity index (χ1n) is 20.8. The normalized spacial score (nSPS) is 11.6. The second-order valence-corrected chi connectivity index (χ2v) is 15.7. The number of benzene rings is 10. The monoisotopic (exact) mass is 775 g/mol. The first-order valence-corrected chi connectivity index (χ1v) is 20.8. The number of hydrogen-bond donors (Lipinski definition) is 0. The van der Waals surface area contributed by atoms with E-state index in [9.17, 15) is 0 Å². The van der Waals surface area contributed by atoms with Crippen LogP contribution in [0.3, 0.4) is 0 Å². The summed E-state index contributed by atoms with van der Waals surface area (Å²) in [5.74, 6) is 0.706. The molecule has 0 saturated heterocycles. The molecule has 61 heavy (non-hydrogen) atoms. The van der Waals surface area contributed by atoms with E-state index in [2.05, 4.69) is 205 Å². The van der Waals surface area contributed by atoms with E-state index in [1.54, 1.807) is 0 Å². The minimum atomic E-state index is 0.706. The predicted octanol–water partition coefficient (Wildman–Crippen LogP) is 15.4. The van der Waals surface area contributed by atoms with E-state index in [-0.39, 0.29) is 0 Å². The SMILES string of the molecule is c1ccc(-c2cc(-c3cccc(-c4cccc5c4c4cc(-c6ccc7c8ccccc8c8ccccc8c7c6)ccc4n5-c4ccccc4)c3)nc(-c3ccccc3)n2)cc1. The van der Waals surface area contributed by atoms with E-state index >= 15 is 0 Å². The number of hydrogen-bond acceptors (Lipinski definition) is 2. The highest BCUT2D eigenvalue weighted by Crippen LogP contribution is 2.42. The quantitative estimate of drug-likeness (QED) is 0.158. The fraction of sp³-hybridized carbons (Fsp3) is 0. The Hall–Kier alpha value is -8.14. The van der Waals surface area contributed by atoms with Gasteiger partial charge in [-0.2, -0.15) is 0 Å². The second-order valence-electron chi connectivity index (χ2n) is 15.7. The molecule has 0 saturated carbocycles. The number of rotatable bonds is 6. The van der Waals surface area contributed by atoms with Crippen LogP contribution in [-0.2, 0) is 0 Å². The van der Waals surface area contributed by atoms with Crippen molar-refractivity contribution in [1.29, 1.82) is 0 Å². The molecule has 2 heterocycles. The first kappa shape index (κ1) is 34.9. The standard InChI is InChI=1S/C58H37N3/c1-4-16-38(17-5-1)53-37-54(60-58(59-53)39-18-6-2-7-19-39)43-21-14-20-42(34-43)45-28-15-29-56-57(45)52-36-41(31-33-55(52)61(56)44-22-8-3-9-23-44)40-30-32-50-48-26-11-10-24-46(48)47-25-12-13-27-49(47)51(50)35-40/h1-37H. The van der Waals surface area contributed by atoms with E-state index in [0.29, 0.717) is 5.82 Å². The average Bonchev–Trinajstić information content (AvgIpc) is 3.68. The van der Waals surface area contributed by atoms with E-state index in [0.717, 1.165) is 44.8 Å². The summed E-state index contributed by atoms with van der Waals surface area (Å²) in [5, 5.41) is 10.1. The Morgan fingerprint density at radius 1 is 0.279 bits per heavy atom. The Kier molecular flexibility index (Phi) is 8.17. The van der Waals surface area contributed by atoms with Gasteiger partial charge in [0.2, 0.25) is 0 Å². The highest BCUT2D eigenvalue weighted by Gasteiger charge is 2.19. The van der Waals surface area contributed by atoms with Crippen molar-refractivity contribution < 1.29 is 0 Å². The maximum Gasteiger partial charge on any atom is 0.160 e. The molecule has 10 aromatic carbocycles. The van der Waals surface area contributed by atoms with Gasteiger partial charge in [-0.3, -0.25) is 0 Å². The van der Waals surface area contributed by atoms with Crippen molar-refractivity contribution in [3.05, 3.63) is 224 Å². The van der Waals surface area contributed by atoms with Crippen molar-refractivity contribution in [2.45, 2.75) is 0 Å². The largest absolute Gasteiger partial charge is 0.309 e. The molecule has 0 aliphatic heterocycles. The lowest BCUT2D eigenvalue weighted by molar-refractivity contribution is 1.18. The molecule has 0 atom stereocenters. The summed E-state index contributed by atoms with van der Waals surface area (Å²) < 4.78 is 2.41. The van der Waals surface area contributed by atoms with Crippen LogP contribution >= 0.6 is 0 Å². The Morgan fingerprint density at radius 3 is 1.48 bits per heavy atom. The Balaban J connectivity index is 1.06. The zero-order chi connectivity index (χ0) is 40.3. The summed E-state index contributed by atoms with van der Waals surface area (Å²) in [6.07, 6.45) is 0. The molecule has 0 radical (unpaired) electrons. The molecule has 2 aromatic heterocycles. The molecule has 3 heteroatoms. The van der Waals surface area contributed by atoms with Crippen molar-refractivity contribution in [1.82, 2.24) is 14.5 Å². The summed E-state index contributed by atoms with van der Waals surface area (Å²) in [4.78, 5) is 10.2. The third kappa shape index (κ3) is 5.90. The van der Waals surface area contributed by atoms with Gasteiger partial charge in [0, 0.05) is 33.2 Å². The maximum absolute atomic E-state index is 5.18. The van der Waals surface area contributed by atoms with Gasteiger partial charge in [0.15, 0.2) is 5.82 Å². The van der Waals surface area contributed by atoms with Gasteiger partial charge in [-0.1, -0.05) is 176 Å². The van der Waals surface area contributed by atoms with Crippen molar-refractivity contribution in [2.75, 3.05) is 0 Å². The third-order valence-corrected chi connectivity index (χ3v) is 12.2. The molecule has 0 amide bonds.